The van der Waals surface area contributed by atoms with Crippen molar-refractivity contribution in [3.8, 4) is 5.75 Å². The molecule has 0 aliphatic heterocycles. The number of rotatable bonds is 10. The maximum Gasteiger partial charge on any atom is 0.319 e. The minimum atomic E-state index is -0.739. The van der Waals surface area contributed by atoms with Crippen LogP contribution in [0.2, 0.25) is 0 Å². The molecular formula is C25H28N4O5. The molecule has 0 aliphatic rings. The average molecular weight is 465 g/mol. The number of anilines is 2. The molecule has 34 heavy (non-hydrogen) atoms. The lowest BCUT2D eigenvalue weighted by Crippen LogP contribution is -2.48. The zero-order chi connectivity index (χ0) is 24.3. The van der Waals surface area contributed by atoms with Crippen molar-refractivity contribution in [3.63, 3.8) is 0 Å². The molecule has 3 aromatic rings. The number of benzene rings is 2. The van der Waals surface area contributed by atoms with E-state index in [1.807, 2.05) is 32.0 Å². The molecule has 0 radical (unpaired) electrons. The molecule has 0 spiro atoms. The van der Waals surface area contributed by atoms with E-state index >= 15 is 0 Å². The summed E-state index contributed by atoms with van der Waals surface area (Å²) in [6.45, 7) is 3.77. The predicted molar refractivity (Wildman–Crippen MR) is 128 cm³/mol. The molecule has 1 atom stereocenters. The largest absolute Gasteiger partial charge is 0.484 e. The van der Waals surface area contributed by atoms with E-state index in [0.717, 1.165) is 0 Å². The van der Waals surface area contributed by atoms with E-state index in [0.29, 0.717) is 22.9 Å². The predicted octanol–water partition coefficient (Wildman–Crippen LogP) is 3.76. The maximum absolute atomic E-state index is 12.8. The normalized spacial score (nSPS) is 11.4. The Kier molecular flexibility index (Phi) is 8.67. The number of hydrogen-bond acceptors (Lipinski definition) is 5. The quantitative estimate of drug-likeness (QED) is 0.364. The number of carbonyl (C=O) groups excluding carboxylic acids is 3. The summed E-state index contributed by atoms with van der Waals surface area (Å²) in [4.78, 5) is 37.1. The second-order valence-corrected chi connectivity index (χ2v) is 7.84. The van der Waals surface area contributed by atoms with Gasteiger partial charge < -0.3 is 30.4 Å². The zero-order valence-electron chi connectivity index (χ0n) is 19.0. The van der Waals surface area contributed by atoms with Crippen LogP contribution in [0.1, 0.15) is 19.6 Å². The summed E-state index contributed by atoms with van der Waals surface area (Å²) in [5, 5.41) is 10.9. The highest BCUT2D eigenvalue weighted by Crippen LogP contribution is 2.15. The van der Waals surface area contributed by atoms with Crippen molar-refractivity contribution >= 4 is 29.2 Å². The first kappa shape index (κ1) is 24.4. The molecule has 0 bridgehead atoms. The number of ether oxygens (including phenoxy) is 1. The first-order valence-corrected chi connectivity index (χ1v) is 10.9. The van der Waals surface area contributed by atoms with Gasteiger partial charge in [0.2, 0.25) is 5.91 Å². The Morgan fingerprint density at radius 2 is 1.56 bits per heavy atom. The lowest BCUT2D eigenvalue weighted by Gasteiger charge is -2.22. The van der Waals surface area contributed by atoms with Crippen molar-refractivity contribution in [2.24, 2.45) is 5.92 Å². The molecule has 1 unspecified atom stereocenters. The molecule has 9 heteroatoms. The summed E-state index contributed by atoms with van der Waals surface area (Å²) in [5.41, 5.74) is 1.09. The zero-order valence-corrected chi connectivity index (χ0v) is 19.0. The first-order chi connectivity index (χ1) is 16.4. The Bertz CT molecular complexity index is 1070. The molecule has 1 heterocycles. The van der Waals surface area contributed by atoms with Gasteiger partial charge in [0.15, 0.2) is 6.61 Å². The fourth-order valence-corrected chi connectivity index (χ4v) is 3.03. The molecule has 1 aromatic heterocycles. The summed E-state index contributed by atoms with van der Waals surface area (Å²) in [5.74, 6) is 0.343. The number of hydrogen-bond donors (Lipinski definition) is 4. The molecule has 0 aliphatic carbocycles. The topological polar surface area (TPSA) is 122 Å². The SMILES string of the molecule is CC(C)C(NC(=O)COc1ccccc1)C(=O)Nc1ccc(NC(=O)NCc2ccco2)cc1. The molecule has 178 valence electrons. The van der Waals surface area contributed by atoms with Gasteiger partial charge in [0, 0.05) is 11.4 Å². The van der Waals surface area contributed by atoms with E-state index in [-0.39, 0.29) is 31.0 Å². The van der Waals surface area contributed by atoms with Gasteiger partial charge in [-0.25, -0.2) is 4.79 Å². The highest BCUT2D eigenvalue weighted by molar-refractivity contribution is 5.98. The van der Waals surface area contributed by atoms with Crippen LogP contribution in [0, 0.1) is 5.92 Å². The van der Waals surface area contributed by atoms with Crippen LogP contribution < -0.4 is 26.0 Å². The average Bonchev–Trinajstić information content (AvgIpc) is 3.35. The molecular weight excluding hydrogens is 436 g/mol. The summed E-state index contributed by atoms with van der Waals surface area (Å²) in [6, 6.07) is 18.0. The number of carbonyl (C=O) groups is 3. The summed E-state index contributed by atoms with van der Waals surface area (Å²) in [6.07, 6.45) is 1.54. The van der Waals surface area contributed by atoms with Crippen molar-refractivity contribution < 1.29 is 23.5 Å². The smallest absolute Gasteiger partial charge is 0.319 e. The third kappa shape index (κ3) is 7.70. The lowest BCUT2D eigenvalue weighted by molar-refractivity contribution is -0.128. The van der Waals surface area contributed by atoms with E-state index in [1.165, 1.54) is 6.26 Å². The number of amides is 4. The van der Waals surface area contributed by atoms with E-state index in [9.17, 15) is 14.4 Å². The Balaban J connectivity index is 1.47. The second kappa shape index (κ2) is 12.1. The van der Waals surface area contributed by atoms with Gasteiger partial charge in [-0.3, -0.25) is 9.59 Å². The fraction of sp³-hybridized carbons (Fsp3) is 0.240. The summed E-state index contributed by atoms with van der Waals surface area (Å²) < 4.78 is 10.6. The summed E-state index contributed by atoms with van der Waals surface area (Å²) >= 11 is 0. The Morgan fingerprint density at radius 3 is 2.18 bits per heavy atom. The molecule has 2 aromatic carbocycles. The van der Waals surface area contributed by atoms with Gasteiger partial charge in [-0.2, -0.15) is 0 Å². The standard InChI is InChI=1S/C25H28N4O5/c1-17(2)23(29-22(30)16-34-20-7-4-3-5-8-20)24(31)27-18-10-12-19(13-11-18)28-25(32)26-15-21-9-6-14-33-21/h3-14,17,23H,15-16H2,1-2H3,(H,27,31)(H,29,30)(H2,26,28,32). The van der Waals surface area contributed by atoms with Gasteiger partial charge in [-0.15, -0.1) is 0 Å². The van der Waals surface area contributed by atoms with Crippen molar-refractivity contribution in [1.29, 1.82) is 0 Å². The van der Waals surface area contributed by atoms with Crippen molar-refractivity contribution in [1.82, 2.24) is 10.6 Å². The minimum Gasteiger partial charge on any atom is -0.484 e. The van der Waals surface area contributed by atoms with Crippen LogP contribution in [0.5, 0.6) is 5.75 Å². The van der Waals surface area contributed by atoms with Crippen LogP contribution >= 0.6 is 0 Å². The Morgan fingerprint density at radius 1 is 0.882 bits per heavy atom. The van der Waals surface area contributed by atoms with Gasteiger partial charge in [-0.1, -0.05) is 32.0 Å². The van der Waals surface area contributed by atoms with Crippen LogP contribution in [0.4, 0.5) is 16.2 Å². The maximum atomic E-state index is 12.8. The second-order valence-electron chi connectivity index (χ2n) is 7.84. The van der Waals surface area contributed by atoms with E-state index in [2.05, 4.69) is 21.3 Å². The van der Waals surface area contributed by atoms with Crippen LogP contribution in [0.15, 0.2) is 77.4 Å². The highest BCUT2D eigenvalue weighted by Gasteiger charge is 2.24. The van der Waals surface area contributed by atoms with Crippen LogP contribution in [-0.2, 0) is 16.1 Å². The Labute approximate surface area is 197 Å². The van der Waals surface area contributed by atoms with Crippen molar-refractivity contribution in [2.45, 2.75) is 26.4 Å². The number of urea groups is 1. The Hall–Kier alpha value is -4.27. The van der Waals surface area contributed by atoms with Gasteiger partial charge in [0.25, 0.3) is 5.91 Å². The fourth-order valence-electron chi connectivity index (χ4n) is 3.03. The first-order valence-electron chi connectivity index (χ1n) is 10.9. The summed E-state index contributed by atoms with van der Waals surface area (Å²) in [7, 11) is 0. The molecule has 0 saturated heterocycles. The highest BCUT2D eigenvalue weighted by atomic mass is 16.5. The minimum absolute atomic E-state index is 0.139. The van der Waals surface area contributed by atoms with Crippen LogP contribution in [0.3, 0.4) is 0 Å². The molecule has 4 amide bonds. The lowest BCUT2D eigenvalue weighted by atomic mass is 10.0. The third-order valence-electron chi connectivity index (χ3n) is 4.79. The molecule has 4 N–H and O–H groups in total. The number of para-hydroxylation sites is 1. The van der Waals surface area contributed by atoms with Gasteiger partial charge in [0.05, 0.1) is 12.8 Å². The number of furan rings is 1. The van der Waals surface area contributed by atoms with Crippen LogP contribution in [0.25, 0.3) is 0 Å². The molecule has 0 fully saturated rings. The van der Waals surface area contributed by atoms with Gasteiger partial charge >= 0.3 is 6.03 Å². The van der Waals surface area contributed by atoms with E-state index < -0.39 is 11.9 Å². The molecule has 3 rings (SSSR count). The molecule has 0 saturated carbocycles. The van der Waals surface area contributed by atoms with Gasteiger partial charge in [-0.05, 0) is 54.4 Å². The third-order valence-corrected chi connectivity index (χ3v) is 4.79. The monoisotopic (exact) mass is 464 g/mol. The van der Waals surface area contributed by atoms with Gasteiger partial charge in [0.1, 0.15) is 17.6 Å². The van der Waals surface area contributed by atoms with Crippen LogP contribution in [-0.4, -0.2) is 30.5 Å². The van der Waals surface area contributed by atoms with E-state index in [1.54, 1.807) is 48.5 Å². The van der Waals surface area contributed by atoms with Crippen molar-refractivity contribution in [2.75, 3.05) is 17.2 Å². The van der Waals surface area contributed by atoms with E-state index in [4.69, 9.17) is 9.15 Å². The number of nitrogens with one attached hydrogen (secondary N) is 4. The van der Waals surface area contributed by atoms with Crippen molar-refractivity contribution in [3.05, 3.63) is 78.8 Å². The molecule has 9 nitrogen and oxygen atoms in total.